The number of hydrogen-bond acceptors (Lipinski definition) is 4. The highest BCUT2D eigenvalue weighted by atomic mass is 35.5. The van der Waals surface area contributed by atoms with Crippen LogP contribution in [0.3, 0.4) is 0 Å². The molecule has 0 spiro atoms. The van der Waals surface area contributed by atoms with Gasteiger partial charge >= 0.3 is 0 Å². The molecule has 2 rings (SSSR count). The molecular formula is C16H17ClO4. The number of methoxy groups -OCH3 is 2. The van der Waals surface area contributed by atoms with Crippen molar-refractivity contribution in [3.05, 3.63) is 52.5 Å². The summed E-state index contributed by atoms with van der Waals surface area (Å²) in [6.45, 7) is 0.314. The Labute approximate surface area is 128 Å². The van der Waals surface area contributed by atoms with Gasteiger partial charge in [-0.3, -0.25) is 0 Å². The van der Waals surface area contributed by atoms with Crippen LogP contribution in [0.15, 0.2) is 36.4 Å². The van der Waals surface area contributed by atoms with Crippen LogP contribution in [0.25, 0.3) is 0 Å². The molecule has 1 N–H and O–H groups in total. The van der Waals surface area contributed by atoms with Crippen LogP contribution in [-0.4, -0.2) is 19.3 Å². The van der Waals surface area contributed by atoms with E-state index in [1.165, 1.54) is 0 Å². The van der Waals surface area contributed by atoms with Crippen molar-refractivity contribution in [2.45, 2.75) is 13.2 Å². The number of hydrogen-bond donors (Lipinski definition) is 1. The maximum atomic E-state index is 9.04. The van der Waals surface area contributed by atoms with Gasteiger partial charge in [0.25, 0.3) is 0 Å². The van der Waals surface area contributed by atoms with Crippen molar-refractivity contribution in [1.82, 2.24) is 0 Å². The molecule has 2 aromatic rings. The molecule has 0 unspecified atom stereocenters. The van der Waals surface area contributed by atoms with E-state index in [-0.39, 0.29) is 6.61 Å². The van der Waals surface area contributed by atoms with E-state index in [1.807, 2.05) is 18.2 Å². The Hall–Kier alpha value is -1.91. The van der Waals surface area contributed by atoms with Crippen molar-refractivity contribution >= 4 is 11.6 Å². The zero-order valence-electron chi connectivity index (χ0n) is 11.9. The number of ether oxygens (including phenoxy) is 3. The molecule has 0 aliphatic heterocycles. The Morgan fingerprint density at radius 2 is 1.57 bits per heavy atom. The molecule has 0 radical (unpaired) electrons. The van der Waals surface area contributed by atoms with E-state index in [0.29, 0.717) is 28.9 Å². The first kappa shape index (κ1) is 15.5. The summed E-state index contributed by atoms with van der Waals surface area (Å²) in [5.41, 5.74) is 1.69. The third-order valence-corrected chi connectivity index (χ3v) is 3.32. The van der Waals surface area contributed by atoms with E-state index < -0.39 is 0 Å². The van der Waals surface area contributed by atoms with Gasteiger partial charge in [0, 0.05) is 0 Å². The van der Waals surface area contributed by atoms with Gasteiger partial charge in [-0.1, -0.05) is 23.7 Å². The fourth-order valence-electron chi connectivity index (χ4n) is 1.89. The predicted octanol–water partition coefficient (Wildman–Crippen LogP) is 3.43. The summed E-state index contributed by atoms with van der Waals surface area (Å²) in [6.07, 6.45) is 0. The summed E-state index contributed by atoms with van der Waals surface area (Å²) < 4.78 is 16.1. The quantitative estimate of drug-likeness (QED) is 0.888. The van der Waals surface area contributed by atoms with Crippen molar-refractivity contribution in [1.29, 1.82) is 0 Å². The molecule has 0 saturated heterocycles. The molecule has 4 nitrogen and oxygen atoms in total. The van der Waals surface area contributed by atoms with E-state index in [1.54, 1.807) is 32.4 Å². The van der Waals surface area contributed by atoms with Gasteiger partial charge in [0.1, 0.15) is 12.4 Å². The number of aliphatic hydroxyl groups is 1. The lowest BCUT2D eigenvalue weighted by Crippen LogP contribution is -1.98. The summed E-state index contributed by atoms with van der Waals surface area (Å²) >= 11 is 6.10. The Bertz CT molecular complexity index is 613. The molecule has 0 bridgehead atoms. The van der Waals surface area contributed by atoms with Crippen LogP contribution < -0.4 is 14.2 Å². The first-order chi connectivity index (χ1) is 10.2. The molecule has 112 valence electrons. The van der Waals surface area contributed by atoms with Crippen LogP contribution in [0.4, 0.5) is 0 Å². The predicted molar refractivity (Wildman–Crippen MR) is 81.3 cm³/mol. The minimum atomic E-state index is -0.0460. The lowest BCUT2D eigenvalue weighted by atomic mass is 10.2. The highest BCUT2D eigenvalue weighted by Gasteiger charge is 2.07. The zero-order valence-corrected chi connectivity index (χ0v) is 12.7. The van der Waals surface area contributed by atoms with Crippen molar-refractivity contribution < 1.29 is 19.3 Å². The Morgan fingerprint density at radius 3 is 2.19 bits per heavy atom. The normalized spacial score (nSPS) is 10.3. The molecule has 0 atom stereocenters. The van der Waals surface area contributed by atoms with Gasteiger partial charge in [-0.15, -0.1) is 0 Å². The summed E-state index contributed by atoms with van der Waals surface area (Å²) in [5.74, 6) is 1.90. The number of benzene rings is 2. The van der Waals surface area contributed by atoms with Crippen molar-refractivity contribution in [2.75, 3.05) is 14.2 Å². The van der Waals surface area contributed by atoms with Crippen LogP contribution in [0, 0.1) is 0 Å². The van der Waals surface area contributed by atoms with E-state index >= 15 is 0 Å². The standard InChI is InChI=1S/C16H17ClO4/c1-19-15-6-4-12(8-16(15)20-2)10-21-14-5-3-11(9-18)7-13(14)17/h3-8,18H,9-10H2,1-2H3. The molecule has 0 aliphatic carbocycles. The number of halogens is 1. The average molecular weight is 309 g/mol. The Balaban J connectivity index is 2.09. The van der Waals surface area contributed by atoms with Crippen LogP contribution in [0.2, 0.25) is 5.02 Å². The molecule has 0 aromatic heterocycles. The van der Waals surface area contributed by atoms with Crippen molar-refractivity contribution in [2.24, 2.45) is 0 Å². The van der Waals surface area contributed by atoms with Gasteiger partial charge in [-0.25, -0.2) is 0 Å². The van der Waals surface area contributed by atoms with Crippen LogP contribution in [0.1, 0.15) is 11.1 Å². The third kappa shape index (κ3) is 3.80. The second-order valence-electron chi connectivity index (χ2n) is 4.40. The fourth-order valence-corrected chi connectivity index (χ4v) is 2.15. The summed E-state index contributed by atoms with van der Waals surface area (Å²) in [7, 11) is 3.18. The number of aliphatic hydroxyl groups excluding tert-OH is 1. The summed E-state index contributed by atoms with van der Waals surface area (Å²) in [4.78, 5) is 0. The zero-order chi connectivity index (χ0) is 15.2. The van der Waals surface area contributed by atoms with Crippen LogP contribution >= 0.6 is 11.6 Å². The first-order valence-corrected chi connectivity index (χ1v) is 6.78. The van der Waals surface area contributed by atoms with Crippen molar-refractivity contribution in [3.63, 3.8) is 0 Å². The van der Waals surface area contributed by atoms with Gasteiger partial charge in [0.2, 0.25) is 0 Å². The third-order valence-electron chi connectivity index (χ3n) is 3.02. The summed E-state index contributed by atoms with van der Waals surface area (Å²) in [5, 5.41) is 9.52. The second kappa shape index (κ2) is 7.20. The van der Waals surface area contributed by atoms with Gasteiger partial charge in [-0.2, -0.15) is 0 Å². The lowest BCUT2D eigenvalue weighted by molar-refractivity contribution is 0.280. The topological polar surface area (TPSA) is 47.9 Å². The highest BCUT2D eigenvalue weighted by Crippen LogP contribution is 2.29. The van der Waals surface area contributed by atoms with Gasteiger partial charge in [0.15, 0.2) is 11.5 Å². The molecule has 0 saturated carbocycles. The maximum absolute atomic E-state index is 9.04. The van der Waals surface area contributed by atoms with Crippen LogP contribution in [-0.2, 0) is 13.2 Å². The largest absolute Gasteiger partial charge is 0.493 e. The molecule has 21 heavy (non-hydrogen) atoms. The average Bonchev–Trinajstić information content (AvgIpc) is 2.53. The minimum Gasteiger partial charge on any atom is -0.493 e. The second-order valence-corrected chi connectivity index (χ2v) is 4.81. The smallest absolute Gasteiger partial charge is 0.161 e. The van der Waals surface area contributed by atoms with Gasteiger partial charge in [-0.05, 0) is 35.4 Å². The monoisotopic (exact) mass is 308 g/mol. The van der Waals surface area contributed by atoms with E-state index in [2.05, 4.69) is 0 Å². The first-order valence-electron chi connectivity index (χ1n) is 6.41. The minimum absolute atomic E-state index is 0.0460. The Kier molecular flexibility index (Phi) is 5.31. The van der Waals surface area contributed by atoms with E-state index in [4.69, 9.17) is 30.9 Å². The van der Waals surface area contributed by atoms with E-state index in [9.17, 15) is 0 Å². The molecule has 0 aliphatic rings. The number of rotatable bonds is 6. The van der Waals surface area contributed by atoms with Gasteiger partial charge in [0.05, 0.1) is 25.8 Å². The lowest BCUT2D eigenvalue weighted by Gasteiger charge is -2.12. The van der Waals surface area contributed by atoms with E-state index in [0.717, 1.165) is 11.1 Å². The highest BCUT2D eigenvalue weighted by molar-refractivity contribution is 6.32. The SMILES string of the molecule is COc1ccc(COc2ccc(CO)cc2Cl)cc1OC. The molecule has 5 heteroatoms. The summed E-state index contributed by atoms with van der Waals surface area (Å²) in [6, 6.07) is 10.8. The van der Waals surface area contributed by atoms with Gasteiger partial charge < -0.3 is 19.3 Å². The van der Waals surface area contributed by atoms with Crippen LogP contribution in [0.5, 0.6) is 17.2 Å². The fraction of sp³-hybridized carbons (Fsp3) is 0.250. The molecular weight excluding hydrogens is 292 g/mol. The Morgan fingerprint density at radius 1 is 0.905 bits per heavy atom. The molecule has 0 heterocycles. The maximum Gasteiger partial charge on any atom is 0.161 e. The molecule has 0 fully saturated rings. The van der Waals surface area contributed by atoms with Crippen molar-refractivity contribution in [3.8, 4) is 17.2 Å². The molecule has 2 aromatic carbocycles. The molecule has 0 amide bonds.